The summed E-state index contributed by atoms with van der Waals surface area (Å²) in [6.07, 6.45) is 4.33. The fourth-order valence-corrected chi connectivity index (χ4v) is 2.72. The number of carbonyl (C=O) groups is 1. The number of nitrogens with zero attached hydrogens (tertiary/aromatic N) is 1. The Kier molecular flexibility index (Phi) is 4.59. The van der Waals surface area contributed by atoms with Gasteiger partial charge in [0.05, 0.1) is 0 Å². The fraction of sp³-hybridized carbons (Fsp3) is 0.562. The Morgan fingerprint density at radius 2 is 1.95 bits per heavy atom. The van der Waals surface area contributed by atoms with Crippen molar-refractivity contribution in [1.82, 2.24) is 10.2 Å². The van der Waals surface area contributed by atoms with Crippen LogP contribution in [0.4, 0.5) is 0 Å². The minimum Gasteiger partial charge on any atom is -0.349 e. The van der Waals surface area contributed by atoms with Gasteiger partial charge in [0.2, 0.25) is 0 Å². The largest absolute Gasteiger partial charge is 0.349 e. The van der Waals surface area contributed by atoms with Gasteiger partial charge in [-0.3, -0.25) is 4.79 Å². The van der Waals surface area contributed by atoms with E-state index in [4.69, 9.17) is 0 Å². The second kappa shape index (κ2) is 6.20. The summed E-state index contributed by atoms with van der Waals surface area (Å²) in [5.41, 5.74) is 2.04. The van der Waals surface area contributed by atoms with Gasteiger partial charge >= 0.3 is 0 Å². The zero-order valence-corrected chi connectivity index (χ0v) is 12.1. The van der Waals surface area contributed by atoms with E-state index in [0.29, 0.717) is 12.1 Å². The molecule has 19 heavy (non-hydrogen) atoms. The van der Waals surface area contributed by atoms with E-state index in [-0.39, 0.29) is 5.91 Å². The zero-order valence-electron chi connectivity index (χ0n) is 12.1. The highest BCUT2D eigenvalue weighted by atomic mass is 16.1. The third kappa shape index (κ3) is 3.57. The van der Waals surface area contributed by atoms with Gasteiger partial charge in [0.15, 0.2) is 0 Å². The first-order valence-corrected chi connectivity index (χ1v) is 7.16. The summed E-state index contributed by atoms with van der Waals surface area (Å²) >= 11 is 0. The lowest BCUT2D eigenvalue weighted by Gasteiger charge is -2.19. The summed E-state index contributed by atoms with van der Waals surface area (Å²) in [7, 11) is 4.22. The van der Waals surface area contributed by atoms with Crippen LogP contribution in [-0.2, 0) is 6.42 Å². The van der Waals surface area contributed by atoms with E-state index in [0.717, 1.165) is 24.8 Å². The number of carbonyl (C=O) groups excluding carboxylic acids is 1. The summed E-state index contributed by atoms with van der Waals surface area (Å²) in [4.78, 5) is 14.4. The number of nitrogens with one attached hydrogen (secondary N) is 1. The maximum Gasteiger partial charge on any atom is 0.251 e. The summed E-state index contributed by atoms with van der Waals surface area (Å²) in [5.74, 6) is 0.0621. The molecule has 0 heterocycles. The Balaban J connectivity index is 1.90. The van der Waals surface area contributed by atoms with Crippen molar-refractivity contribution in [2.45, 2.75) is 44.7 Å². The predicted octanol–water partition coefficient (Wildman–Crippen LogP) is 2.46. The van der Waals surface area contributed by atoms with E-state index in [1.165, 1.54) is 12.0 Å². The molecule has 1 amide bonds. The first kappa shape index (κ1) is 14.1. The lowest BCUT2D eigenvalue weighted by Crippen LogP contribution is -2.34. The van der Waals surface area contributed by atoms with Gasteiger partial charge in [0.25, 0.3) is 5.91 Å². The van der Waals surface area contributed by atoms with Crippen molar-refractivity contribution in [2.75, 3.05) is 14.1 Å². The molecule has 0 bridgehead atoms. The second-order valence-corrected chi connectivity index (χ2v) is 5.65. The van der Waals surface area contributed by atoms with Crippen molar-refractivity contribution in [3.05, 3.63) is 35.4 Å². The van der Waals surface area contributed by atoms with E-state index in [1.807, 2.05) is 24.3 Å². The molecule has 1 fully saturated rings. The van der Waals surface area contributed by atoms with Crippen LogP contribution < -0.4 is 5.32 Å². The number of aryl methyl sites for hydroxylation is 1. The van der Waals surface area contributed by atoms with E-state index in [1.54, 1.807) is 0 Å². The molecule has 3 nitrogen and oxygen atoms in total. The maximum absolute atomic E-state index is 12.2. The molecule has 3 heteroatoms. The summed E-state index contributed by atoms with van der Waals surface area (Å²) in [6, 6.07) is 8.84. The highest BCUT2D eigenvalue weighted by Gasteiger charge is 2.27. The molecule has 0 aromatic heterocycles. The van der Waals surface area contributed by atoms with Crippen LogP contribution in [0.5, 0.6) is 0 Å². The third-order valence-corrected chi connectivity index (χ3v) is 4.09. The Morgan fingerprint density at radius 3 is 2.47 bits per heavy atom. The topological polar surface area (TPSA) is 32.3 Å². The molecule has 0 saturated heterocycles. The molecule has 104 valence electrons. The molecule has 1 aromatic rings. The molecule has 2 rings (SSSR count). The van der Waals surface area contributed by atoms with Crippen LogP contribution in [0.3, 0.4) is 0 Å². The van der Waals surface area contributed by atoms with Crippen molar-refractivity contribution in [2.24, 2.45) is 0 Å². The number of benzene rings is 1. The van der Waals surface area contributed by atoms with Gasteiger partial charge in [-0.25, -0.2) is 0 Å². The summed E-state index contributed by atoms with van der Waals surface area (Å²) in [5, 5.41) is 3.15. The SMILES string of the molecule is CCc1ccc(C(=O)N[C@H]2CC[C@@H](N(C)C)C2)cc1. The van der Waals surface area contributed by atoms with Gasteiger partial charge in [-0.1, -0.05) is 19.1 Å². The third-order valence-electron chi connectivity index (χ3n) is 4.09. The van der Waals surface area contributed by atoms with Crippen molar-refractivity contribution >= 4 is 5.91 Å². The van der Waals surface area contributed by atoms with Crippen LogP contribution in [0.25, 0.3) is 0 Å². The molecule has 2 atom stereocenters. The maximum atomic E-state index is 12.2. The molecular formula is C16H24N2O. The van der Waals surface area contributed by atoms with Gasteiger partial charge in [-0.2, -0.15) is 0 Å². The monoisotopic (exact) mass is 260 g/mol. The molecule has 1 aliphatic rings. The quantitative estimate of drug-likeness (QED) is 0.902. The van der Waals surface area contributed by atoms with Crippen LogP contribution in [-0.4, -0.2) is 37.0 Å². The van der Waals surface area contributed by atoms with E-state index >= 15 is 0 Å². The molecule has 0 unspecified atom stereocenters. The Bertz CT molecular complexity index is 425. The summed E-state index contributed by atoms with van der Waals surface area (Å²) < 4.78 is 0. The standard InChI is InChI=1S/C16H24N2O/c1-4-12-5-7-13(8-6-12)16(19)17-14-9-10-15(11-14)18(2)3/h5-8,14-15H,4,9-11H2,1-3H3,(H,17,19)/t14-,15+/m0/s1. The molecule has 0 aliphatic heterocycles. The minimum absolute atomic E-state index is 0.0621. The van der Waals surface area contributed by atoms with Crippen LogP contribution in [0, 0.1) is 0 Å². The van der Waals surface area contributed by atoms with Gasteiger partial charge in [-0.05, 0) is 57.5 Å². The highest BCUT2D eigenvalue weighted by Crippen LogP contribution is 2.22. The molecule has 1 N–H and O–H groups in total. The minimum atomic E-state index is 0.0621. The van der Waals surface area contributed by atoms with Gasteiger partial charge in [0, 0.05) is 17.6 Å². The smallest absolute Gasteiger partial charge is 0.251 e. The molecule has 1 saturated carbocycles. The van der Waals surface area contributed by atoms with Crippen molar-refractivity contribution in [3.63, 3.8) is 0 Å². The van der Waals surface area contributed by atoms with Gasteiger partial charge in [0.1, 0.15) is 0 Å². The van der Waals surface area contributed by atoms with Crippen molar-refractivity contribution in [3.8, 4) is 0 Å². The van der Waals surface area contributed by atoms with E-state index < -0.39 is 0 Å². The number of amides is 1. The zero-order chi connectivity index (χ0) is 13.8. The van der Waals surface area contributed by atoms with Crippen LogP contribution in [0.2, 0.25) is 0 Å². The van der Waals surface area contributed by atoms with Crippen LogP contribution >= 0.6 is 0 Å². The lowest BCUT2D eigenvalue weighted by atomic mass is 10.1. The van der Waals surface area contributed by atoms with Crippen LogP contribution in [0.1, 0.15) is 42.1 Å². The summed E-state index contributed by atoms with van der Waals surface area (Å²) in [6.45, 7) is 2.12. The Labute approximate surface area is 116 Å². The number of hydrogen-bond donors (Lipinski definition) is 1. The van der Waals surface area contributed by atoms with Crippen molar-refractivity contribution < 1.29 is 4.79 Å². The lowest BCUT2D eigenvalue weighted by molar-refractivity contribution is 0.0936. The van der Waals surface area contributed by atoms with Crippen LogP contribution in [0.15, 0.2) is 24.3 Å². The van der Waals surface area contributed by atoms with E-state index in [9.17, 15) is 4.79 Å². The fourth-order valence-electron chi connectivity index (χ4n) is 2.72. The first-order chi connectivity index (χ1) is 9.10. The van der Waals surface area contributed by atoms with Crippen molar-refractivity contribution in [1.29, 1.82) is 0 Å². The van der Waals surface area contributed by atoms with Gasteiger partial charge < -0.3 is 10.2 Å². The average molecular weight is 260 g/mol. The molecule has 1 aromatic carbocycles. The van der Waals surface area contributed by atoms with Gasteiger partial charge in [-0.15, -0.1) is 0 Å². The number of hydrogen-bond acceptors (Lipinski definition) is 2. The predicted molar refractivity (Wildman–Crippen MR) is 78.4 cm³/mol. The Morgan fingerprint density at radius 1 is 1.26 bits per heavy atom. The molecule has 0 radical (unpaired) electrons. The molecule has 1 aliphatic carbocycles. The molecule has 0 spiro atoms. The first-order valence-electron chi connectivity index (χ1n) is 7.16. The Hall–Kier alpha value is -1.35. The highest BCUT2D eigenvalue weighted by molar-refractivity contribution is 5.94. The molecular weight excluding hydrogens is 236 g/mol. The average Bonchev–Trinajstić information content (AvgIpc) is 2.87. The van der Waals surface area contributed by atoms with E-state index in [2.05, 4.69) is 31.2 Å². The second-order valence-electron chi connectivity index (χ2n) is 5.65. The normalized spacial score (nSPS) is 22.7. The number of rotatable bonds is 4.